The number of halogens is 3. The van der Waals surface area contributed by atoms with Gasteiger partial charge >= 0.3 is 12.1 Å². The van der Waals surface area contributed by atoms with Crippen LogP contribution in [0.1, 0.15) is 23.7 Å². The lowest BCUT2D eigenvalue weighted by atomic mass is 10.2. The molecule has 0 fully saturated rings. The zero-order chi connectivity index (χ0) is 21.2. The van der Waals surface area contributed by atoms with Crippen LogP contribution in [0.3, 0.4) is 0 Å². The van der Waals surface area contributed by atoms with Crippen LogP contribution in [0.4, 0.5) is 13.2 Å². The number of carbonyl (C=O) groups is 1. The summed E-state index contributed by atoms with van der Waals surface area (Å²) in [7, 11) is 2.16. The van der Waals surface area contributed by atoms with E-state index in [9.17, 15) is 13.2 Å². The van der Waals surface area contributed by atoms with E-state index in [0.717, 1.165) is 38.4 Å². The van der Waals surface area contributed by atoms with Crippen LogP contribution >= 0.6 is 0 Å². The van der Waals surface area contributed by atoms with E-state index in [4.69, 9.17) is 9.90 Å². The number of alkyl halides is 3. The lowest BCUT2D eigenvalue weighted by Gasteiger charge is -2.16. The Morgan fingerprint density at radius 3 is 2.39 bits per heavy atom. The van der Waals surface area contributed by atoms with E-state index in [0.29, 0.717) is 0 Å². The van der Waals surface area contributed by atoms with Crippen LogP contribution in [0.5, 0.6) is 0 Å². The molecule has 0 aliphatic carbocycles. The van der Waals surface area contributed by atoms with Crippen molar-refractivity contribution >= 4 is 5.97 Å². The van der Waals surface area contributed by atoms with Crippen LogP contribution in [0.15, 0.2) is 36.5 Å². The fourth-order valence-corrected chi connectivity index (χ4v) is 2.36. The molecule has 0 unspecified atom stereocenters. The fourth-order valence-electron chi connectivity index (χ4n) is 2.36. The van der Waals surface area contributed by atoms with Gasteiger partial charge in [-0.05, 0) is 26.5 Å². The zero-order valence-corrected chi connectivity index (χ0v) is 16.3. The molecule has 0 saturated carbocycles. The molecule has 1 aromatic carbocycles. The highest BCUT2D eigenvalue weighted by atomic mass is 19.4. The Hall–Kier alpha value is -2.39. The van der Waals surface area contributed by atoms with Crippen LogP contribution in [-0.4, -0.2) is 52.1 Å². The number of aromatic nitrogens is 2. The molecule has 0 saturated heterocycles. The Morgan fingerprint density at radius 1 is 1.29 bits per heavy atom. The van der Waals surface area contributed by atoms with Crippen molar-refractivity contribution in [1.82, 2.24) is 20.0 Å². The molecule has 6 nitrogen and oxygen atoms in total. The molecule has 2 rings (SSSR count). The molecule has 1 aromatic heterocycles. The first kappa shape index (κ1) is 23.6. The molecule has 0 amide bonds. The van der Waals surface area contributed by atoms with Crippen molar-refractivity contribution < 1.29 is 23.1 Å². The average Bonchev–Trinajstić information content (AvgIpc) is 2.99. The summed E-state index contributed by atoms with van der Waals surface area (Å²) in [5.74, 6) is -2.76. The predicted molar refractivity (Wildman–Crippen MR) is 101 cm³/mol. The third-order valence-corrected chi connectivity index (χ3v) is 3.90. The molecule has 0 bridgehead atoms. The Bertz CT molecular complexity index is 718. The van der Waals surface area contributed by atoms with Gasteiger partial charge in [-0.25, -0.2) is 4.79 Å². The second kappa shape index (κ2) is 11.5. The largest absolute Gasteiger partial charge is 0.490 e. The fraction of sp³-hybridized carbons (Fsp3) is 0.474. The van der Waals surface area contributed by atoms with Crippen molar-refractivity contribution in [3.8, 4) is 0 Å². The van der Waals surface area contributed by atoms with E-state index in [1.165, 1.54) is 11.1 Å². The highest BCUT2D eigenvalue weighted by Crippen LogP contribution is 2.13. The van der Waals surface area contributed by atoms with Crippen molar-refractivity contribution in [2.45, 2.75) is 39.7 Å². The molecule has 0 radical (unpaired) electrons. The molecule has 156 valence electrons. The van der Waals surface area contributed by atoms with Crippen LogP contribution in [-0.2, 0) is 24.4 Å². The summed E-state index contributed by atoms with van der Waals surface area (Å²) in [5, 5.41) is 15.1. The summed E-state index contributed by atoms with van der Waals surface area (Å²) >= 11 is 0. The first-order valence-electron chi connectivity index (χ1n) is 8.89. The molecule has 28 heavy (non-hydrogen) atoms. The van der Waals surface area contributed by atoms with E-state index < -0.39 is 12.1 Å². The maximum atomic E-state index is 10.6. The first-order valence-corrected chi connectivity index (χ1v) is 8.89. The minimum Gasteiger partial charge on any atom is -0.475 e. The molecular formula is C19H27F3N4O2. The van der Waals surface area contributed by atoms with Crippen molar-refractivity contribution in [2.75, 3.05) is 20.1 Å². The van der Waals surface area contributed by atoms with E-state index in [1.807, 2.05) is 4.68 Å². The van der Waals surface area contributed by atoms with Gasteiger partial charge in [0, 0.05) is 44.5 Å². The van der Waals surface area contributed by atoms with Gasteiger partial charge in [-0.2, -0.15) is 18.3 Å². The van der Waals surface area contributed by atoms with Crippen LogP contribution in [0.25, 0.3) is 0 Å². The average molecular weight is 400 g/mol. The molecule has 2 aromatic rings. The van der Waals surface area contributed by atoms with E-state index in [-0.39, 0.29) is 0 Å². The Kier molecular flexibility index (Phi) is 9.67. The Labute approximate surface area is 163 Å². The van der Waals surface area contributed by atoms with E-state index in [1.54, 1.807) is 0 Å². The highest BCUT2D eigenvalue weighted by Gasteiger charge is 2.38. The van der Waals surface area contributed by atoms with Gasteiger partial charge < -0.3 is 15.3 Å². The molecule has 0 spiro atoms. The highest BCUT2D eigenvalue weighted by molar-refractivity contribution is 5.73. The number of likely N-dealkylation sites (N-methyl/N-ethyl adjacent to an activating group) is 1. The van der Waals surface area contributed by atoms with Gasteiger partial charge in [0.25, 0.3) is 0 Å². The number of aliphatic carboxylic acids is 1. The summed E-state index contributed by atoms with van der Waals surface area (Å²) in [5.41, 5.74) is 3.78. The van der Waals surface area contributed by atoms with Gasteiger partial charge in [-0.15, -0.1) is 0 Å². The molecule has 9 heteroatoms. The lowest BCUT2D eigenvalue weighted by Crippen LogP contribution is -2.28. The Morgan fingerprint density at radius 2 is 1.89 bits per heavy atom. The number of hydrogen-bond acceptors (Lipinski definition) is 4. The summed E-state index contributed by atoms with van der Waals surface area (Å²) in [6, 6.07) is 10.6. The first-order chi connectivity index (χ1) is 13.1. The number of aryl methyl sites for hydroxylation is 2. The standard InChI is InChI=1S/C17H26N4.C2HF3O2/c1-4-21-14-17(15(2)19-21)12-18-10-11-20(3)13-16-8-6-5-7-9-16;3-2(4,5)1(6)7/h5-9,14,18H,4,10-13H2,1-3H3;(H,6,7). The molecule has 0 aliphatic heterocycles. The SMILES string of the molecule is CCn1cc(CNCCN(C)Cc2ccccc2)c(C)n1.O=C(O)C(F)(F)F. The maximum Gasteiger partial charge on any atom is 0.490 e. The number of nitrogens with zero attached hydrogens (tertiary/aromatic N) is 3. The van der Waals surface area contributed by atoms with Gasteiger partial charge in [0.15, 0.2) is 0 Å². The topological polar surface area (TPSA) is 70.4 Å². The zero-order valence-electron chi connectivity index (χ0n) is 16.3. The van der Waals surface area contributed by atoms with E-state index >= 15 is 0 Å². The second-order valence-corrected chi connectivity index (χ2v) is 6.30. The van der Waals surface area contributed by atoms with Crippen LogP contribution in [0.2, 0.25) is 0 Å². The number of rotatable bonds is 8. The quantitative estimate of drug-likeness (QED) is 0.667. The minimum absolute atomic E-state index is 0.894. The molecule has 0 aliphatic rings. The summed E-state index contributed by atoms with van der Waals surface area (Å²) in [6.07, 6.45) is -2.95. The number of nitrogens with one attached hydrogen (secondary N) is 1. The van der Waals surface area contributed by atoms with Crippen LogP contribution in [0, 0.1) is 6.92 Å². The smallest absolute Gasteiger partial charge is 0.475 e. The van der Waals surface area contributed by atoms with Crippen LogP contribution < -0.4 is 5.32 Å². The van der Waals surface area contributed by atoms with Gasteiger partial charge in [-0.3, -0.25) is 4.68 Å². The lowest BCUT2D eigenvalue weighted by molar-refractivity contribution is -0.192. The monoisotopic (exact) mass is 400 g/mol. The summed E-state index contributed by atoms with van der Waals surface area (Å²) < 4.78 is 33.7. The van der Waals surface area contributed by atoms with Gasteiger partial charge in [0.05, 0.1) is 5.69 Å². The minimum atomic E-state index is -5.08. The van der Waals surface area contributed by atoms with Crippen molar-refractivity contribution in [1.29, 1.82) is 0 Å². The third kappa shape index (κ3) is 9.01. The molecule has 1 heterocycles. The maximum absolute atomic E-state index is 10.6. The molecule has 2 N–H and O–H groups in total. The number of carboxylic acids is 1. The number of hydrogen-bond donors (Lipinski definition) is 2. The van der Waals surface area contributed by atoms with Gasteiger partial charge in [0.2, 0.25) is 0 Å². The van der Waals surface area contributed by atoms with E-state index in [2.05, 4.69) is 72.7 Å². The number of benzene rings is 1. The van der Waals surface area contributed by atoms with Crippen molar-refractivity contribution in [3.05, 3.63) is 53.3 Å². The van der Waals surface area contributed by atoms with Crippen molar-refractivity contribution in [3.63, 3.8) is 0 Å². The van der Waals surface area contributed by atoms with Gasteiger partial charge in [0.1, 0.15) is 0 Å². The number of carboxylic acid groups (broad SMARTS) is 1. The third-order valence-electron chi connectivity index (χ3n) is 3.90. The molecule has 0 atom stereocenters. The normalized spacial score (nSPS) is 11.2. The predicted octanol–water partition coefficient (Wildman–Crippen LogP) is 3.07. The summed E-state index contributed by atoms with van der Waals surface area (Å²) in [6.45, 7) is 9.03. The second-order valence-electron chi connectivity index (χ2n) is 6.30. The van der Waals surface area contributed by atoms with Gasteiger partial charge in [-0.1, -0.05) is 30.3 Å². The Balaban J connectivity index is 0.000000480. The molecular weight excluding hydrogens is 373 g/mol. The van der Waals surface area contributed by atoms with Crippen molar-refractivity contribution in [2.24, 2.45) is 0 Å². The summed E-state index contributed by atoms with van der Waals surface area (Å²) in [4.78, 5) is 11.2.